The lowest BCUT2D eigenvalue weighted by Crippen LogP contribution is -2.31. The first kappa shape index (κ1) is 16.3. The number of halogens is 1. The molecule has 0 radical (unpaired) electrons. The second kappa shape index (κ2) is 7.79. The van der Waals surface area contributed by atoms with E-state index in [1.165, 1.54) is 44.9 Å². The van der Waals surface area contributed by atoms with Gasteiger partial charge in [-0.1, -0.05) is 32.1 Å². The molecule has 0 N–H and O–H groups in total. The first-order valence-electron chi connectivity index (χ1n) is 9.57. The van der Waals surface area contributed by atoms with E-state index >= 15 is 0 Å². The largest absolute Gasteiger partial charge is 0.462 e. The van der Waals surface area contributed by atoms with Gasteiger partial charge in [-0.05, 0) is 63.2 Å². The third-order valence-corrected chi connectivity index (χ3v) is 6.31. The molecular weight excluding hydrogens is 279 g/mol. The van der Waals surface area contributed by atoms with E-state index in [9.17, 15) is 9.18 Å². The normalized spacial score (nSPS) is 37.7. The third-order valence-electron chi connectivity index (χ3n) is 6.31. The number of hydrogen-bond acceptors (Lipinski definition) is 2. The second-order valence-electron chi connectivity index (χ2n) is 7.82. The van der Waals surface area contributed by atoms with E-state index in [1.54, 1.807) is 0 Å². The van der Waals surface area contributed by atoms with Crippen molar-refractivity contribution in [2.75, 3.05) is 0 Å². The van der Waals surface area contributed by atoms with E-state index < -0.39 is 6.17 Å². The highest BCUT2D eigenvalue weighted by Crippen LogP contribution is 2.40. The Morgan fingerprint density at radius 1 is 0.727 bits per heavy atom. The number of ether oxygens (including phenoxy) is 1. The first-order chi connectivity index (χ1) is 10.7. The monoisotopic (exact) mass is 310 g/mol. The number of carbonyl (C=O) groups excluding carboxylic acids is 1. The number of alkyl halides is 1. The van der Waals surface area contributed by atoms with Gasteiger partial charge in [0, 0.05) is 0 Å². The number of carbonyl (C=O) groups is 1. The fourth-order valence-corrected chi connectivity index (χ4v) is 4.83. The zero-order chi connectivity index (χ0) is 15.4. The molecule has 126 valence electrons. The van der Waals surface area contributed by atoms with Crippen LogP contribution < -0.4 is 0 Å². The summed E-state index contributed by atoms with van der Waals surface area (Å²) >= 11 is 0. The summed E-state index contributed by atoms with van der Waals surface area (Å²) in [7, 11) is 0. The Morgan fingerprint density at radius 2 is 1.32 bits per heavy atom. The molecular formula is C19H31FO2. The molecule has 3 aliphatic rings. The highest BCUT2D eigenvalue weighted by molar-refractivity contribution is 5.72. The quantitative estimate of drug-likeness (QED) is 0.670. The summed E-state index contributed by atoms with van der Waals surface area (Å²) in [5.74, 6) is 1.89. The van der Waals surface area contributed by atoms with E-state index in [0.29, 0.717) is 25.7 Å². The molecule has 0 aromatic carbocycles. The summed E-state index contributed by atoms with van der Waals surface area (Å²) < 4.78 is 18.8. The van der Waals surface area contributed by atoms with Gasteiger partial charge in [0.2, 0.25) is 0 Å². The Morgan fingerprint density at radius 3 is 1.95 bits per heavy atom. The molecule has 0 bridgehead atoms. The zero-order valence-electron chi connectivity index (χ0n) is 13.8. The van der Waals surface area contributed by atoms with E-state index in [1.807, 2.05) is 0 Å². The molecule has 3 fully saturated rings. The zero-order valence-corrected chi connectivity index (χ0v) is 13.8. The lowest BCUT2D eigenvalue weighted by atomic mass is 9.71. The molecule has 3 saturated carbocycles. The van der Waals surface area contributed by atoms with Crippen LogP contribution in [0.1, 0.15) is 83.5 Å². The second-order valence-corrected chi connectivity index (χ2v) is 7.82. The maximum atomic E-state index is 13.1. The Balaban J connectivity index is 1.39. The van der Waals surface area contributed by atoms with Gasteiger partial charge in [0.15, 0.2) is 0 Å². The molecule has 0 saturated heterocycles. The molecule has 22 heavy (non-hydrogen) atoms. The minimum Gasteiger partial charge on any atom is -0.462 e. The fraction of sp³-hybridized carbons (Fsp3) is 0.947. The molecule has 0 heterocycles. The van der Waals surface area contributed by atoms with Gasteiger partial charge >= 0.3 is 5.97 Å². The standard InChI is InChI=1S/C19H31FO2/c20-17-10-12-18(13-11-17)22-19(21)16-8-6-15(7-9-16)14-4-2-1-3-5-14/h14-18H,1-13H2. The van der Waals surface area contributed by atoms with Crippen LogP contribution in [-0.4, -0.2) is 18.2 Å². The molecule has 3 rings (SSSR count). The minimum atomic E-state index is -0.680. The Labute approximate surface area is 134 Å². The summed E-state index contributed by atoms with van der Waals surface area (Å²) in [6.45, 7) is 0. The molecule has 2 nitrogen and oxygen atoms in total. The van der Waals surface area contributed by atoms with Crippen LogP contribution in [0.4, 0.5) is 4.39 Å². The summed E-state index contributed by atoms with van der Waals surface area (Å²) in [6.07, 6.45) is 13.3. The summed E-state index contributed by atoms with van der Waals surface area (Å²) in [6, 6.07) is 0. The molecule has 0 unspecified atom stereocenters. The van der Waals surface area contributed by atoms with Crippen molar-refractivity contribution in [2.45, 2.75) is 95.7 Å². The van der Waals surface area contributed by atoms with Gasteiger partial charge in [-0.25, -0.2) is 4.39 Å². The summed E-state index contributed by atoms with van der Waals surface area (Å²) in [5.41, 5.74) is 0. The maximum Gasteiger partial charge on any atom is 0.309 e. The average molecular weight is 310 g/mol. The summed E-state index contributed by atoms with van der Waals surface area (Å²) in [4.78, 5) is 12.3. The van der Waals surface area contributed by atoms with E-state index in [2.05, 4.69) is 0 Å². The van der Waals surface area contributed by atoms with Crippen molar-refractivity contribution in [1.29, 1.82) is 0 Å². The van der Waals surface area contributed by atoms with Crippen LogP contribution in [-0.2, 0) is 9.53 Å². The van der Waals surface area contributed by atoms with Gasteiger partial charge in [0.1, 0.15) is 12.3 Å². The van der Waals surface area contributed by atoms with Crippen LogP contribution in [0.25, 0.3) is 0 Å². The highest BCUT2D eigenvalue weighted by atomic mass is 19.1. The lowest BCUT2D eigenvalue weighted by Gasteiger charge is -2.35. The van der Waals surface area contributed by atoms with Crippen LogP contribution in [0.3, 0.4) is 0 Å². The summed E-state index contributed by atoms with van der Waals surface area (Å²) in [5, 5.41) is 0. The first-order valence-corrected chi connectivity index (χ1v) is 9.57. The number of esters is 1. The van der Waals surface area contributed by atoms with Crippen molar-refractivity contribution in [2.24, 2.45) is 17.8 Å². The molecule has 3 heteroatoms. The van der Waals surface area contributed by atoms with Gasteiger partial charge in [-0.3, -0.25) is 4.79 Å². The molecule has 0 spiro atoms. The fourth-order valence-electron chi connectivity index (χ4n) is 4.83. The van der Waals surface area contributed by atoms with E-state index in [4.69, 9.17) is 4.74 Å². The molecule has 0 aliphatic heterocycles. The molecule has 0 amide bonds. The Bertz CT molecular complexity index is 348. The van der Waals surface area contributed by atoms with Crippen LogP contribution in [0.5, 0.6) is 0 Å². The van der Waals surface area contributed by atoms with Gasteiger partial charge in [-0.15, -0.1) is 0 Å². The van der Waals surface area contributed by atoms with Crippen molar-refractivity contribution in [3.63, 3.8) is 0 Å². The van der Waals surface area contributed by atoms with Crippen LogP contribution in [0.2, 0.25) is 0 Å². The number of rotatable bonds is 3. The van der Waals surface area contributed by atoms with Crippen molar-refractivity contribution < 1.29 is 13.9 Å². The van der Waals surface area contributed by atoms with Crippen molar-refractivity contribution >= 4 is 5.97 Å². The predicted octanol–water partition coefficient (Wildman–Crippen LogP) is 5.20. The van der Waals surface area contributed by atoms with Crippen LogP contribution >= 0.6 is 0 Å². The molecule has 0 aromatic rings. The molecule has 0 atom stereocenters. The Kier molecular flexibility index (Phi) is 5.76. The van der Waals surface area contributed by atoms with Crippen LogP contribution in [0.15, 0.2) is 0 Å². The van der Waals surface area contributed by atoms with E-state index in [0.717, 1.165) is 24.7 Å². The Hall–Kier alpha value is -0.600. The maximum absolute atomic E-state index is 13.1. The highest BCUT2D eigenvalue weighted by Gasteiger charge is 2.33. The van der Waals surface area contributed by atoms with Gasteiger partial charge in [0.05, 0.1) is 5.92 Å². The predicted molar refractivity (Wildman–Crippen MR) is 85.3 cm³/mol. The number of hydrogen-bond donors (Lipinski definition) is 0. The van der Waals surface area contributed by atoms with Crippen LogP contribution in [0, 0.1) is 17.8 Å². The van der Waals surface area contributed by atoms with Gasteiger partial charge in [-0.2, -0.15) is 0 Å². The smallest absolute Gasteiger partial charge is 0.309 e. The van der Waals surface area contributed by atoms with Gasteiger partial charge in [0.25, 0.3) is 0 Å². The molecule has 0 aromatic heterocycles. The van der Waals surface area contributed by atoms with E-state index in [-0.39, 0.29) is 18.0 Å². The average Bonchev–Trinajstić information content (AvgIpc) is 2.58. The van der Waals surface area contributed by atoms with Crippen molar-refractivity contribution in [3.05, 3.63) is 0 Å². The van der Waals surface area contributed by atoms with Crippen molar-refractivity contribution in [1.82, 2.24) is 0 Å². The topological polar surface area (TPSA) is 26.3 Å². The molecule has 3 aliphatic carbocycles. The van der Waals surface area contributed by atoms with Gasteiger partial charge < -0.3 is 4.74 Å². The minimum absolute atomic E-state index is 0.00408. The SMILES string of the molecule is O=C(OC1CCC(F)CC1)C1CCC(C2CCCCC2)CC1. The van der Waals surface area contributed by atoms with Crippen molar-refractivity contribution in [3.8, 4) is 0 Å². The third kappa shape index (κ3) is 4.23. The lowest BCUT2D eigenvalue weighted by molar-refractivity contribution is -0.157.